The van der Waals surface area contributed by atoms with E-state index in [1.807, 2.05) is 0 Å². The molecule has 17 heavy (non-hydrogen) atoms. The van der Waals surface area contributed by atoms with Gasteiger partial charge in [-0.1, -0.05) is 6.42 Å². The normalized spacial score (nSPS) is 31.5. The number of carbonyl (C=O) groups excluding carboxylic acids is 1. The smallest absolute Gasteiger partial charge is 0.237 e. The summed E-state index contributed by atoms with van der Waals surface area (Å²) in [5, 5.41) is 0. The van der Waals surface area contributed by atoms with E-state index in [1.165, 1.54) is 38.5 Å². The largest absolute Gasteiger partial charge is 0.336 e. The van der Waals surface area contributed by atoms with E-state index in [0.717, 1.165) is 13.1 Å². The third-order valence-corrected chi connectivity index (χ3v) is 4.29. The molecule has 0 aromatic heterocycles. The van der Waals surface area contributed by atoms with Crippen LogP contribution in [-0.4, -0.2) is 47.4 Å². The molecule has 2 aliphatic heterocycles. The summed E-state index contributed by atoms with van der Waals surface area (Å²) in [4.78, 5) is 16.8. The van der Waals surface area contributed by atoms with Crippen molar-refractivity contribution in [1.82, 2.24) is 9.80 Å². The van der Waals surface area contributed by atoms with Gasteiger partial charge in [-0.05, 0) is 59.0 Å². The van der Waals surface area contributed by atoms with Crippen molar-refractivity contribution in [1.29, 1.82) is 0 Å². The van der Waals surface area contributed by atoms with Gasteiger partial charge in [-0.25, -0.2) is 0 Å². The molecule has 2 aliphatic rings. The molecule has 2 unspecified atom stereocenters. The Morgan fingerprint density at radius 2 is 1.59 bits per heavy atom. The Bertz CT molecular complexity index is 251. The molecular formula is C14H26N2O. The third kappa shape index (κ3) is 3.21. The first-order valence-electron chi connectivity index (χ1n) is 7.22. The lowest BCUT2D eigenvalue weighted by molar-refractivity contribution is -0.138. The number of hydrogen-bond donors (Lipinski definition) is 0. The zero-order valence-electron chi connectivity index (χ0n) is 11.3. The highest BCUT2D eigenvalue weighted by molar-refractivity contribution is 5.79. The monoisotopic (exact) mass is 238 g/mol. The molecule has 0 aromatic rings. The van der Waals surface area contributed by atoms with E-state index in [9.17, 15) is 4.79 Å². The van der Waals surface area contributed by atoms with Gasteiger partial charge in [-0.2, -0.15) is 0 Å². The second-order valence-corrected chi connectivity index (χ2v) is 5.77. The number of hydrogen-bond acceptors (Lipinski definition) is 2. The predicted molar refractivity (Wildman–Crippen MR) is 69.9 cm³/mol. The summed E-state index contributed by atoms with van der Waals surface area (Å²) in [5.74, 6) is 0.353. The Morgan fingerprint density at radius 3 is 2.18 bits per heavy atom. The second-order valence-electron chi connectivity index (χ2n) is 5.77. The molecule has 3 nitrogen and oxygen atoms in total. The van der Waals surface area contributed by atoms with Crippen LogP contribution in [0.5, 0.6) is 0 Å². The summed E-state index contributed by atoms with van der Waals surface area (Å²) in [6, 6.07) is 0.882. The van der Waals surface area contributed by atoms with Crippen LogP contribution >= 0.6 is 0 Å². The van der Waals surface area contributed by atoms with Crippen molar-refractivity contribution in [3.63, 3.8) is 0 Å². The van der Waals surface area contributed by atoms with Crippen molar-refractivity contribution in [3.05, 3.63) is 0 Å². The minimum absolute atomic E-state index is 0.353. The Hall–Kier alpha value is -0.570. The zero-order chi connectivity index (χ0) is 12.3. The molecule has 3 heteroatoms. The predicted octanol–water partition coefficient (Wildman–Crippen LogP) is 2.26. The van der Waals surface area contributed by atoms with E-state index in [2.05, 4.69) is 23.6 Å². The molecule has 1 amide bonds. The number of likely N-dealkylation sites (tertiary alicyclic amines) is 2. The lowest BCUT2D eigenvalue weighted by Crippen LogP contribution is -2.51. The van der Waals surface area contributed by atoms with Gasteiger partial charge in [0, 0.05) is 12.1 Å². The number of carbonyl (C=O) groups is 1. The van der Waals surface area contributed by atoms with E-state index in [4.69, 9.17) is 0 Å². The summed E-state index contributed by atoms with van der Waals surface area (Å²) in [5.41, 5.74) is 0. The summed E-state index contributed by atoms with van der Waals surface area (Å²) >= 11 is 0. The van der Waals surface area contributed by atoms with Gasteiger partial charge in [-0.15, -0.1) is 0 Å². The van der Waals surface area contributed by atoms with Gasteiger partial charge in [0.15, 0.2) is 0 Å². The Labute approximate surface area is 105 Å². The van der Waals surface area contributed by atoms with Crippen LogP contribution in [0.4, 0.5) is 0 Å². The highest BCUT2D eigenvalue weighted by Crippen LogP contribution is 2.23. The van der Waals surface area contributed by atoms with Crippen LogP contribution in [0.3, 0.4) is 0 Å². The van der Waals surface area contributed by atoms with Gasteiger partial charge in [0.25, 0.3) is 0 Å². The third-order valence-electron chi connectivity index (χ3n) is 4.29. The number of nitrogens with zero attached hydrogens (tertiary/aromatic N) is 2. The molecule has 2 atom stereocenters. The van der Waals surface area contributed by atoms with E-state index in [0.29, 0.717) is 24.5 Å². The average Bonchev–Trinajstić information content (AvgIpc) is 2.30. The van der Waals surface area contributed by atoms with Gasteiger partial charge in [0.1, 0.15) is 0 Å². The maximum Gasteiger partial charge on any atom is 0.237 e. The standard InChI is InChI=1S/C14H26N2O/c1-12-7-6-8-13(2)16(12)14(17)11-15-9-4-3-5-10-15/h12-13H,3-11H2,1-2H3. The Kier molecular flexibility index (Phi) is 4.43. The lowest BCUT2D eigenvalue weighted by atomic mass is 9.97. The molecule has 0 saturated carbocycles. The maximum absolute atomic E-state index is 12.4. The molecule has 2 saturated heterocycles. The zero-order valence-corrected chi connectivity index (χ0v) is 11.3. The van der Waals surface area contributed by atoms with Crippen LogP contribution in [0.1, 0.15) is 52.4 Å². The Morgan fingerprint density at radius 1 is 1.00 bits per heavy atom. The minimum atomic E-state index is 0.353. The molecule has 0 radical (unpaired) electrons. The van der Waals surface area contributed by atoms with Crippen LogP contribution in [0, 0.1) is 0 Å². The van der Waals surface area contributed by atoms with Crippen molar-refractivity contribution in [3.8, 4) is 0 Å². The first-order valence-corrected chi connectivity index (χ1v) is 7.22. The highest BCUT2D eigenvalue weighted by Gasteiger charge is 2.29. The van der Waals surface area contributed by atoms with E-state index >= 15 is 0 Å². The van der Waals surface area contributed by atoms with Gasteiger partial charge in [0.2, 0.25) is 5.91 Å². The lowest BCUT2D eigenvalue weighted by Gasteiger charge is -2.40. The van der Waals surface area contributed by atoms with Gasteiger partial charge < -0.3 is 4.90 Å². The molecule has 2 heterocycles. The van der Waals surface area contributed by atoms with Crippen LogP contribution in [0.25, 0.3) is 0 Å². The second kappa shape index (κ2) is 5.85. The first kappa shape index (κ1) is 12.9. The van der Waals surface area contributed by atoms with Crippen LogP contribution < -0.4 is 0 Å². The van der Waals surface area contributed by atoms with Gasteiger partial charge in [0.05, 0.1) is 6.54 Å². The van der Waals surface area contributed by atoms with Crippen molar-refractivity contribution in [2.75, 3.05) is 19.6 Å². The molecule has 0 spiro atoms. The van der Waals surface area contributed by atoms with Crippen molar-refractivity contribution >= 4 is 5.91 Å². The van der Waals surface area contributed by atoms with Crippen LogP contribution in [0.15, 0.2) is 0 Å². The molecule has 0 N–H and O–H groups in total. The fraction of sp³-hybridized carbons (Fsp3) is 0.929. The summed E-state index contributed by atoms with van der Waals surface area (Å²) in [6.45, 7) is 7.27. The number of rotatable bonds is 2. The summed E-state index contributed by atoms with van der Waals surface area (Å²) < 4.78 is 0. The molecule has 0 aromatic carbocycles. The SMILES string of the molecule is CC1CCCC(C)N1C(=O)CN1CCCCC1. The van der Waals surface area contributed by atoms with Crippen molar-refractivity contribution < 1.29 is 4.79 Å². The Balaban J connectivity index is 1.88. The molecular weight excluding hydrogens is 212 g/mol. The maximum atomic E-state index is 12.4. The highest BCUT2D eigenvalue weighted by atomic mass is 16.2. The van der Waals surface area contributed by atoms with E-state index < -0.39 is 0 Å². The van der Waals surface area contributed by atoms with Crippen molar-refractivity contribution in [2.24, 2.45) is 0 Å². The van der Waals surface area contributed by atoms with Crippen LogP contribution in [0.2, 0.25) is 0 Å². The fourth-order valence-electron chi connectivity index (χ4n) is 3.30. The summed E-state index contributed by atoms with van der Waals surface area (Å²) in [7, 11) is 0. The number of piperidine rings is 2. The van der Waals surface area contributed by atoms with Crippen LogP contribution in [-0.2, 0) is 4.79 Å². The van der Waals surface area contributed by atoms with Gasteiger partial charge >= 0.3 is 0 Å². The topological polar surface area (TPSA) is 23.6 Å². The molecule has 98 valence electrons. The molecule has 2 fully saturated rings. The number of amides is 1. The average molecular weight is 238 g/mol. The first-order chi connectivity index (χ1) is 8.18. The van der Waals surface area contributed by atoms with E-state index in [1.54, 1.807) is 0 Å². The quantitative estimate of drug-likeness (QED) is 0.737. The summed E-state index contributed by atoms with van der Waals surface area (Å²) in [6.07, 6.45) is 7.49. The molecule has 2 rings (SSSR count). The molecule has 0 bridgehead atoms. The molecule has 0 aliphatic carbocycles. The van der Waals surface area contributed by atoms with Gasteiger partial charge in [-0.3, -0.25) is 9.69 Å². The fourth-order valence-corrected chi connectivity index (χ4v) is 3.30. The minimum Gasteiger partial charge on any atom is -0.336 e. The van der Waals surface area contributed by atoms with Crippen molar-refractivity contribution in [2.45, 2.75) is 64.5 Å². The van der Waals surface area contributed by atoms with E-state index in [-0.39, 0.29) is 0 Å².